The Hall–Kier alpha value is -3.22. The summed E-state index contributed by atoms with van der Waals surface area (Å²) in [6.45, 7) is -0.333. The Labute approximate surface area is 145 Å². The summed E-state index contributed by atoms with van der Waals surface area (Å²) < 4.78 is 15.6. The first-order valence-corrected chi connectivity index (χ1v) is 7.58. The van der Waals surface area contributed by atoms with Crippen LogP contribution in [0.2, 0.25) is 0 Å². The average Bonchev–Trinajstić information content (AvgIpc) is 2.65. The lowest BCUT2D eigenvalue weighted by Gasteiger charge is -2.10. The van der Waals surface area contributed by atoms with E-state index in [4.69, 9.17) is 14.2 Å². The van der Waals surface area contributed by atoms with Gasteiger partial charge in [-0.2, -0.15) is 0 Å². The van der Waals surface area contributed by atoms with E-state index in [1.54, 1.807) is 30.3 Å². The third-order valence-electron chi connectivity index (χ3n) is 3.19. The lowest BCUT2D eigenvalue weighted by atomic mass is 10.2. The Morgan fingerprint density at radius 1 is 0.880 bits per heavy atom. The standard InChI is InChI=1S/C18H20N2O5/c1-23-15-8-13(9-16(10-15)24-2)20-17(21)11-19-18(22)12-25-14-6-4-3-5-7-14/h3-10H,11-12H2,1-2H3,(H,19,22)(H,20,21). The molecule has 0 spiro atoms. The van der Waals surface area contributed by atoms with Crippen molar-refractivity contribution < 1.29 is 23.8 Å². The molecular formula is C18H20N2O5. The number of benzene rings is 2. The van der Waals surface area contributed by atoms with Crippen molar-refractivity contribution in [2.24, 2.45) is 0 Å². The maximum atomic E-state index is 11.9. The van der Waals surface area contributed by atoms with Crippen LogP contribution < -0.4 is 24.8 Å². The molecule has 132 valence electrons. The summed E-state index contributed by atoms with van der Waals surface area (Å²) in [5.41, 5.74) is 0.510. The Bertz CT molecular complexity index is 696. The van der Waals surface area contributed by atoms with Gasteiger partial charge < -0.3 is 24.8 Å². The van der Waals surface area contributed by atoms with Gasteiger partial charge in [0, 0.05) is 23.9 Å². The summed E-state index contributed by atoms with van der Waals surface area (Å²) in [4.78, 5) is 23.7. The van der Waals surface area contributed by atoms with Gasteiger partial charge in [-0.05, 0) is 12.1 Å². The molecule has 0 aliphatic rings. The fourth-order valence-electron chi connectivity index (χ4n) is 1.98. The zero-order valence-corrected chi connectivity index (χ0v) is 14.1. The predicted molar refractivity (Wildman–Crippen MR) is 93.1 cm³/mol. The average molecular weight is 344 g/mol. The number of methoxy groups -OCH3 is 2. The van der Waals surface area contributed by atoms with E-state index in [1.165, 1.54) is 14.2 Å². The second kappa shape index (κ2) is 9.17. The van der Waals surface area contributed by atoms with Crippen molar-refractivity contribution in [3.63, 3.8) is 0 Å². The minimum absolute atomic E-state index is 0.162. The summed E-state index contributed by atoms with van der Waals surface area (Å²) in [6, 6.07) is 14.0. The molecule has 2 aromatic carbocycles. The van der Waals surface area contributed by atoms with E-state index in [0.29, 0.717) is 22.9 Å². The topological polar surface area (TPSA) is 85.9 Å². The Balaban J connectivity index is 1.79. The SMILES string of the molecule is COc1cc(NC(=O)CNC(=O)COc2ccccc2)cc(OC)c1. The van der Waals surface area contributed by atoms with Gasteiger partial charge in [0.15, 0.2) is 6.61 Å². The van der Waals surface area contributed by atoms with E-state index in [-0.39, 0.29) is 25.0 Å². The van der Waals surface area contributed by atoms with Crippen LogP contribution >= 0.6 is 0 Å². The van der Waals surface area contributed by atoms with Gasteiger partial charge in [0.25, 0.3) is 5.91 Å². The number of para-hydroxylation sites is 1. The lowest BCUT2D eigenvalue weighted by molar-refractivity contribution is -0.125. The van der Waals surface area contributed by atoms with Gasteiger partial charge in [-0.15, -0.1) is 0 Å². The minimum Gasteiger partial charge on any atom is -0.497 e. The Morgan fingerprint density at radius 3 is 2.12 bits per heavy atom. The zero-order valence-electron chi connectivity index (χ0n) is 14.1. The van der Waals surface area contributed by atoms with Gasteiger partial charge in [0.1, 0.15) is 17.2 Å². The molecule has 2 N–H and O–H groups in total. The Morgan fingerprint density at radius 2 is 1.52 bits per heavy atom. The van der Waals surface area contributed by atoms with Crippen LogP contribution in [-0.2, 0) is 9.59 Å². The van der Waals surface area contributed by atoms with E-state index in [0.717, 1.165) is 0 Å². The van der Waals surface area contributed by atoms with Crippen molar-refractivity contribution in [3.05, 3.63) is 48.5 Å². The van der Waals surface area contributed by atoms with Gasteiger partial charge in [0.2, 0.25) is 5.91 Å². The van der Waals surface area contributed by atoms with Gasteiger partial charge >= 0.3 is 0 Å². The van der Waals surface area contributed by atoms with Crippen LogP contribution in [0.3, 0.4) is 0 Å². The van der Waals surface area contributed by atoms with Crippen LogP contribution in [0.4, 0.5) is 5.69 Å². The molecule has 0 saturated heterocycles. The number of rotatable bonds is 8. The molecule has 0 saturated carbocycles. The predicted octanol–water partition coefficient (Wildman–Crippen LogP) is 1.84. The lowest BCUT2D eigenvalue weighted by Crippen LogP contribution is -2.35. The van der Waals surface area contributed by atoms with Crippen molar-refractivity contribution in [2.45, 2.75) is 0 Å². The highest BCUT2D eigenvalue weighted by Gasteiger charge is 2.09. The van der Waals surface area contributed by atoms with Crippen molar-refractivity contribution in [1.82, 2.24) is 5.32 Å². The molecule has 0 aliphatic carbocycles. The molecule has 2 amide bonds. The smallest absolute Gasteiger partial charge is 0.258 e. The largest absolute Gasteiger partial charge is 0.497 e. The quantitative estimate of drug-likeness (QED) is 0.763. The first kappa shape index (κ1) is 18.1. The van der Waals surface area contributed by atoms with Gasteiger partial charge in [-0.1, -0.05) is 18.2 Å². The first-order chi connectivity index (χ1) is 12.1. The molecule has 0 atom stereocenters. The molecule has 7 heteroatoms. The van der Waals surface area contributed by atoms with E-state index < -0.39 is 0 Å². The number of carbonyl (C=O) groups excluding carboxylic acids is 2. The van der Waals surface area contributed by atoms with Gasteiger partial charge in [-0.3, -0.25) is 9.59 Å². The summed E-state index contributed by atoms with van der Waals surface area (Å²) >= 11 is 0. The molecule has 2 aromatic rings. The van der Waals surface area contributed by atoms with Crippen LogP contribution in [0, 0.1) is 0 Å². The summed E-state index contributed by atoms with van der Waals surface area (Å²) in [5, 5.41) is 5.16. The highest BCUT2D eigenvalue weighted by atomic mass is 16.5. The van der Waals surface area contributed by atoms with Crippen molar-refractivity contribution in [3.8, 4) is 17.2 Å². The molecule has 7 nitrogen and oxygen atoms in total. The van der Waals surface area contributed by atoms with E-state index in [2.05, 4.69) is 10.6 Å². The van der Waals surface area contributed by atoms with Crippen molar-refractivity contribution in [1.29, 1.82) is 0 Å². The normalized spacial score (nSPS) is 9.84. The maximum Gasteiger partial charge on any atom is 0.258 e. The van der Waals surface area contributed by atoms with Crippen molar-refractivity contribution in [2.75, 3.05) is 32.7 Å². The molecular weight excluding hydrogens is 324 g/mol. The molecule has 0 aromatic heterocycles. The minimum atomic E-state index is -0.387. The molecule has 2 rings (SSSR count). The third kappa shape index (κ3) is 6.06. The van der Waals surface area contributed by atoms with Gasteiger partial charge in [0.05, 0.1) is 20.8 Å². The second-order valence-corrected chi connectivity index (χ2v) is 5.03. The summed E-state index contributed by atoms with van der Waals surface area (Å²) in [6.07, 6.45) is 0. The first-order valence-electron chi connectivity index (χ1n) is 7.58. The fourth-order valence-corrected chi connectivity index (χ4v) is 1.98. The highest BCUT2D eigenvalue weighted by Crippen LogP contribution is 2.25. The fraction of sp³-hybridized carbons (Fsp3) is 0.222. The molecule has 0 heterocycles. The number of anilines is 1. The maximum absolute atomic E-state index is 11.9. The summed E-state index contributed by atoms with van der Waals surface area (Å²) in [7, 11) is 3.04. The molecule has 0 radical (unpaired) electrons. The van der Waals surface area contributed by atoms with Crippen molar-refractivity contribution >= 4 is 17.5 Å². The van der Waals surface area contributed by atoms with E-state index in [1.807, 2.05) is 18.2 Å². The molecule has 0 aliphatic heterocycles. The number of carbonyl (C=O) groups is 2. The number of hydrogen-bond acceptors (Lipinski definition) is 5. The van der Waals surface area contributed by atoms with Gasteiger partial charge in [-0.25, -0.2) is 0 Å². The number of amides is 2. The van der Waals surface area contributed by atoms with E-state index >= 15 is 0 Å². The second-order valence-electron chi connectivity index (χ2n) is 5.03. The monoisotopic (exact) mass is 344 g/mol. The van der Waals surface area contributed by atoms with E-state index in [9.17, 15) is 9.59 Å². The van der Waals surface area contributed by atoms with Crippen LogP contribution in [0.5, 0.6) is 17.2 Å². The zero-order chi connectivity index (χ0) is 18.1. The van der Waals surface area contributed by atoms with Crippen LogP contribution in [0.25, 0.3) is 0 Å². The summed E-state index contributed by atoms with van der Waals surface area (Å²) in [5.74, 6) is 0.932. The highest BCUT2D eigenvalue weighted by molar-refractivity contribution is 5.95. The van der Waals surface area contributed by atoms with Crippen LogP contribution in [0.1, 0.15) is 0 Å². The Kier molecular flexibility index (Phi) is 6.65. The number of hydrogen-bond donors (Lipinski definition) is 2. The molecule has 25 heavy (non-hydrogen) atoms. The number of ether oxygens (including phenoxy) is 3. The molecule has 0 unspecified atom stereocenters. The van der Waals surface area contributed by atoms with Crippen LogP contribution in [0.15, 0.2) is 48.5 Å². The van der Waals surface area contributed by atoms with Crippen LogP contribution in [-0.4, -0.2) is 39.2 Å². The number of nitrogens with one attached hydrogen (secondary N) is 2. The molecule has 0 fully saturated rings. The third-order valence-corrected chi connectivity index (χ3v) is 3.19. The molecule has 0 bridgehead atoms.